The van der Waals surface area contributed by atoms with E-state index in [1.807, 2.05) is 6.92 Å². The Hall–Kier alpha value is -0.0800. The van der Waals surface area contributed by atoms with Crippen molar-refractivity contribution >= 4 is 0 Å². The molecule has 2 unspecified atom stereocenters. The molecule has 0 amide bonds. The van der Waals surface area contributed by atoms with E-state index < -0.39 is 0 Å². The van der Waals surface area contributed by atoms with Crippen LogP contribution in [0.3, 0.4) is 0 Å². The number of hydrogen-bond donors (Lipinski definition) is 1. The predicted molar refractivity (Wildman–Crippen MR) is 55.8 cm³/mol. The maximum absolute atomic E-state index is 9.01. The summed E-state index contributed by atoms with van der Waals surface area (Å²) < 4.78 is 5.60. The number of unbranched alkanes of at least 4 members (excludes halogenated alkanes) is 1. The van der Waals surface area contributed by atoms with Gasteiger partial charge in [0.05, 0.1) is 12.2 Å². The number of ether oxygens (including phenoxy) is 1. The Balaban J connectivity index is 3.16. The van der Waals surface area contributed by atoms with Crippen LogP contribution in [-0.4, -0.2) is 23.9 Å². The Morgan fingerprint density at radius 3 is 2.15 bits per heavy atom. The maximum atomic E-state index is 9.01. The number of rotatable bonds is 7. The third-order valence-corrected chi connectivity index (χ3v) is 2.34. The van der Waals surface area contributed by atoms with E-state index in [4.69, 9.17) is 9.84 Å². The molecular weight excluding hydrogens is 164 g/mol. The maximum Gasteiger partial charge on any atom is 0.0569 e. The lowest BCUT2D eigenvalue weighted by molar-refractivity contribution is 0.0319. The Morgan fingerprint density at radius 1 is 1.08 bits per heavy atom. The molecule has 0 aliphatic rings. The third kappa shape index (κ3) is 8.26. The van der Waals surface area contributed by atoms with E-state index in [-0.39, 0.29) is 6.10 Å². The van der Waals surface area contributed by atoms with Gasteiger partial charge in [0.1, 0.15) is 0 Å². The standard InChI is InChI=1S/C11H24O2/c1-9(2)11(4)13-8-6-5-7-10(3)12/h9-12H,5-8H2,1-4H3. The topological polar surface area (TPSA) is 29.5 Å². The van der Waals surface area contributed by atoms with Crippen LogP contribution in [-0.2, 0) is 4.74 Å². The largest absolute Gasteiger partial charge is 0.393 e. The summed E-state index contributed by atoms with van der Waals surface area (Å²) in [5, 5.41) is 9.01. The van der Waals surface area contributed by atoms with Crippen LogP contribution in [0.2, 0.25) is 0 Å². The molecule has 2 nitrogen and oxygen atoms in total. The molecule has 2 atom stereocenters. The third-order valence-electron chi connectivity index (χ3n) is 2.34. The average molecular weight is 188 g/mol. The van der Waals surface area contributed by atoms with Gasteiger partial charge in [-0.3, -0.25) is 0 Å². The highest BCUT2D eigenvalue weighted by Crippen LogP contribution is 2.07. The van der Waals surface area contributed by atoms with Crippen molar-refractivity contribution in [2.24, 2.45) is 5.92 Å². The first kappa shape index (κ1) is 12.9. The van der Waals surface area contributed by atoms with E-state index in [2.05, 4.69) is 20.8 Å². The monoisotopic (exact) mass is 188 g/mol. The van der Waals surface area contributed by atoms with Crippen molar-refractivity contribution in [3.63, 3.8) is 0 Å². The molecule has 0 saturated heterocycles. The summed E-state index contributed by atoms with van der Waals surface area (Å²) in [5.74, 6) is 0.594. The number of aliphatic hydroxyl groups excluding tert-OH is 1. The van der Waals surface area contributed by atoms with Gasteiger partial charge in [0.2, 0.25) is 0 Å². The van der Waals surface area contributed by atoms with E-state index in [9.17, 15) is 0 Å². The zero-order chi connectivity index (χ0) is 10.3. The van der Waals surface area contributed by atoms with Crippen LogP contribution in [0.5, 0.6) is 0 Å². The molecule has 0 saturated carbocycles. The Kier molecular flexibility index (Phi) is 7.29. The molecule has 0 aromatic carbocycles. The molecule has 0 aromatic heterocycles. The highest BCUT2D eigenvalue weighted by atomic mass is 16.5. The second-order valence-corrected chi connectivity index (χ2v) is 4.16. The Morgan fingerprint density at radius 2 is 1.69 bits per heavy atom. The molecule has 0 fully saturated rings. The minimum absolute atomic E-state index is 0.164. The summed E-state index contributed by atoms with van der Waals surface area (Å²) in [6, 6.07) is 0. The van der Waals surface area contributed by atoms with Crippen molar-refractivity contribution in [2.45, 2.75) is 59.2 Å². The van der Waals surface area contributed by atoms with Crippen molar-refractivity contribution in [3.8, 4) is 0 Å². The van der Waals surface area contributed by atoms with Crippen molar-refractivity contribution in [3.05, 3.63) is 0 Å². The van der Waals surface area contributed by atoms with Crippen molar-refractivity contribution in [1.29, 1.82) is 0 Å². The Bertz CT molecular complexity index is 111. The molecular formula is C11H24O2. The lowest BCUT2D eigenvalue weighted by atomic mass is 10.1. The summed E-state index contributed by atoms with van der Waals surface area (Å²) >= 11 is 0. The SMILES string of the molecule is CC(O)CCCCOC(C)C(C)C. The fraction of sp³-hybridized carbons (Fsp3) is 1.00. The van der Waals surface area contributed by atoms with E-state index in [0.717, 1.165) is 25.9 Å². The fourth-order valence-electron chi connectivity index (χ4n) is 1.00. The first-order chi connectivity index (χ1) is 6.04. The molecule has 0 aliphatic carbocycles. The molecule has 1 N–H and O–H groups in total. The van der Waals surface area contributed by atoms with Crippen LogP contribution >= 0.6 is 0 Å². The summed E-state index contributed by atoms with van der Waals surface area (Å²) in [6.45, 7) is 9.10. The molecule has 2 heteroatoms. The molecule has 0 radical (unpaired) electrons. The lowest BCUT2D eigenvalue weighted by Crippen LogP contribution is -2.16. The molecule has 0 aromatic rings. The van der Waals surface area contributed by atoms with E-state index in [1.54, 1.807) is 0 Å². The predicted octanol–water partition coefficient (Wildman–Crippen LogP) is 2.60. The summed E-state index contributed by atoms with van der Waals surface area (Å²) in [5.41, 5.74) is 0. The van der Waals surface area contributed by atoms with Gasteiger partial charge < -0.3 is 9.84 Å². The van der Waals surface area contributed by atoms with E-state index in [0.29, 0.717) is 12.0 Å². The lowest BCUT2D eigenvalue weighted by Gasteiger charge is -2.16. The number of hydrogen-bond acceptors (Lipinski definition) is 2. The summed E-state index contributed by atoms with van der Waals surface area (Å²) in [6.07, 6.45) is 3.19. The van der Waals surface area contributed by atoms with Gasteiger partial charge in [-0.05, 0) is 39.0 Å². The van der Waals surface area contributed by atoms with Crippen LogP contribution in [0.4, 0.5) is 0 Å². The molecule has 80 valence electrons. The van der Waals surface area contributed by atoms with Crippen LogP contribution in [0.1, 0.15) is 47.0 Å². The van der Waals surface area contributed by atoms with Gasteiger partial charge in [0.25, 0.3) is 0 Å². The first-order valence-corrected chi connectivity index (χ1v) is 5.33. The molecule has 13 heavy (non-hydrogen) atoms. The minimum Gasteiger partial charge on any atom is -0.393 e. The van der Waals surface area contributed by atoms with Gasteiger partial charge in [-0.1, -0.05) is 13.8 Å². The van der Waals surface area contributed by atoms with E-state index in [1.165, 1.54) is 0 Å². The summed E-state index contributed by atoms with van der Waals surface area (Å²) in [4.78, 5) is 0. The number of aliphatic hydroxyl groups is 1. The van der Waals surface area contributed by atoms with Gasteiger partial charge >= 0.3 is 0 Å². The minimum atomic E-state index is -0.164. The highest BCUT2D eigenvalue weighted by Gasteiger charge is 2.06. The van der Waals surface area contributed by atoms with E-state index >= 15 is 0 Å². The second kappa shape index (κ2) is 7.34. The normalized spacial score (nSPS) is 16.2. The molecule has 0 rings (SSSR count). The van der Waals surface area contributed by atoms with Gasteiger partial charge in [0, 0.05) is 6.61 Å². The van der Waals surface area contributed by atoms with Gasteiger partial charge in [-0.25, -0.2) is 0 Å². The zero-order valence-electron chi connectivity index (χ0n) is 9.42. The van der Waals surface area contributed by atoms with Crippen molar-refractivity contribution in [1.82, 2.24) is 0 Å². The quantitative estimate of drug-likeness (QED) is 0.622. The van der Waals surface area contributed by atoms with Crippen molar-refractivity contribution < 1.29 is 9.84 Å². The smallest absolute Gasteiger partial charge is 0.0569 e. The molecule has 0 bridgehead atoms. The van der Waals surface area contributed by atoms with Crippen LogP contribution in [0, 0.1) is 5.92 Å². The Labute approximate surface area is 82.3 Å². The van der Waals surface area contributed by atoms with Gasteiger partial charge in [-0.15, -0.1) is 0 Å². The molecule has 0 spiro atoms. The van der Waals surface area contributed by atoms with Crippen molar-refractivity contribution in [2.75, 3.05) is 6.61 Å². The average Bonchev–Trinajstić information content (AvgIpc) is 2.02. The van der Waals surface area contributed by atoms with Crippen LogP contribution in [0.15, 0.2) is 0 Å². The molecule has 0 aliphatic heterocycles. The molecule has 0 heterocycles. The van der Waals surface area contributed by atoms with Crippen LogP contribution in [0.25, 0.3) is 0 Å². The zero-order valence-corrected chi connectivity index (χ0v) is 9.42. The van der Waals surface area contributed by atoms with Crippen LogP contribution < -0.4 is 0 Å². The first-order valence-electron chi connectivity index (χ1n) is 5.33. The van der Waals surface area contributed by atoms with Gasteiger partial charge in [0.15, 0.2) is 0 Å². The highest BCUT2D eigenvalue weighted by molar-refractivity contribution is 4.55. The summed E-state index contributed by atoms with van der Waals surface area (Å²) in [7, 11) is 0. The second-order valence-electron chi connectivity index (χ2n) is 4.16. The fourth-order valence-corrected chi connectivity index (χ4v) is 1.00. The van der Waals surface area contributed by atoms with Gasteiger partial charge in [-0.2, -0.15) is 0 Å².